The Morgan fingerprint density at radius 1 is 1.62 bits per heavy atom. The number of carbonyl (C=O) groups is 1. The van der Waals surface area contributed by atoms with Crippen LogP contribution in [0.5, 0.6) is 11.5 Å². The first-order chi connectivity index (χ1) is 9.41. The molecule has 0 amide bonds. The van der Waals surface area contributed by atoms with E-state index < -0.39 is 41.8 Å². The van der Waals surface area contributed by atoms with Crippen molar-refractivity contribution in [1.82, 2.24) is 5.43 Å². The number of phenolic OH excluding ortho intramolecular Hbond substituents is 2. The minimum absolute atomic E-state index is 0.478. The van der Waals surface area contributed by atoms with Gasteiger partial charge in [0.1, 0.15) is 5.54 Å². The predicted octanol–water partition coefficient (Wildman–Crippen LogP) is -0.0531. The average Bonchev–Trinajstić information content (AvgIpc) is 2.31. The lowest BCUT2D eigenvalue weighted by Crippen LogP contribution is -2.54. The van der Waals surface area contributed by atoms with Gasteiger partial charge in [0.05, 0.1) is 0 Å². The van der Waals surface area contributed by atoms with E-state index >= 15 is 0 Å². The summed E-state index contributed by atoms with van der Waals surface area (Å²) in [5, 5.41) is 27.8. The Labute approximate surface area is 99.3 Å². The van der Waals surface area contributed by atoms with Crippen molar-refractivity contribution < 1.29 is 27.0 Å². The summed E-state index contributed by atoms with van der Waals surface area (Å²) in [5.41, 5.74) is -2.08. The number of carboxylic acid groups (broad SMARTS) is 1. The number of aliphatic carboxylic acids is 1. The van der Waals surface area contributed by atoms with Crippen molar-refractivity contribution in [2.45, 2.75) is 18.8 Å². The molecule has 0 aliphatic carbocycles. The fraction of sp³-hybridized carbons (Fsp3) is 0.300. The Morgan fingerprint density at radius 3 is 2.75 bits per heavy atom. The molecule has 1 aromatic carbocycles. The van der Waals surface area contributed by atoms with Crippen LogP contribution in [0.1, 0.15) is 19.3 Å². The van der Waals surface area contributed by atoms with Crippen LogP contribution in [0, 0.1) is 0 Å². The number of carboxylic acids is 1. The van der Waals surface area contributed by atoms with Gasteiger partial charge < -0.3 is 15.3 Å². The summed E-state index contributed by atoms with van der Waals surface area (Å²) >= 11 is 0. The van der Waals surface area contributed by atoms with E-state index in [-0.39, 0.29) is 0 Å². The zero-order chi connectivity index (χ0) is 16.6. The lowest BCUT2D eigenvalue weighted by molar-refractivity contribution is -0.144. The van der Waals surface area contributed by atoms with E-state index in [4.69, 9.17) is 12.7 Å². The lowest BCUT2D eigenvalue weighted by Gasteiger charge is -2.23. The maximum Gasteiger partial charge on any atom is 0.325 e. The van der Waals surface area contributed by atoms with Crippen molar-refractivity contribution in [3.63, 3.8) is 0 Å². The summed E-state index contributed by atoms with van der Waals surface area (Å²) in [6.07, 6.45) is -3.02. The second-order valence-electron chi connectivity index (χ2n) is 3.03. The molecule has 6 heteroatoms. The predicted molar refractivity (Wildman–Crippen MR) is 56.8 cm³/mol. The highest BCUT2D eigenvalue weighted by Crippen LogP contribution is 2.26. The highest BCUT2D eigenvalue weighted by atomic mass is 16.4. The van der Waals surface area contributed by atoms with Crippen molar-refractivity contribution >= 4 is 5.97 Å². The second-order valence-corrected chi connectivity index (χ2v) is 3.03. The number of rotatable bonds is 4. The Balaban J connectivity index is 3.61. The van der Waals surface area contributed by atoms with E-state index in [1.165, 1.54) is 0 Å². The summed E-state index contributed by atoms with van der Waals surface area (Å²) < 4.78 is 37.8. The number of hydrazine groups is 1. The van der Waals surface area contributed by atoms with E-state index in [9.17, 15) is 20.1 Å². The molecule has 16 heavy (non-hydrogen) atoms. The molecule has 88 valence electrons. The van der Waals surface area contributed by atoms with Gasteiger partial charge in [-0.05, 0) is 24.5 Å². The number of hydrogen-bond donors (Lipinski definition) is 5. The summed E-state index contributed by atoms with van der Waals surface area (Å²) in [4.78, 5) is 11.4. The molecule has 0 saturated carbocycles. The van der Waals surface area contributed by atoms with Crippen LogP contribution in [-0.2, 0) is 11.2 Å². The first kappa shape index (κ1) is 6.72. The number of nitrogens with two attached hydrogens (primary N) is 1. The summed E-state index contributed by atoms with van der Waals surface area (Å²) in [6, 6.07) is 2.59. The maximum atomic E-state index is 11.4. The lowest BCUT2D eigenvalue weighted by atomic mass is 9.93. The molecule has 1 aromatic rings. The van der Waals surface area contributed by atoms with Crippen molar-refractivity contribution in [3.05, 3.63) is 23.8 Å². The molecule has 0 unspecified atom stereocenters. The molecule has 0 radical (unpaired) electrons. The first-order valence-corrected chi connectivity index (χ1v) is 4.15. The smallest absolute Gasteiger partial charge is 0.325 e. The Hall–Kier alpha value is -1.79. The third-order valence-corrected chi connectivity index (χ3v) is 1.84. The van der Waals surface area contributed by atoms with Crippen molar-refractivity contribution in [1.29, 1.82) is 0 Å². The molecule has 0 saturated heterocycles. The SMILES string of the molecule is [2H]C([2H])([2H])[C@](NN)(C(=O)O)C([2H])([2H])c1ccc(O)c(O)c1. The highest BCUT2D eigenvalue weighted by molar-refractivity contribution is 5.78. The van der Waals surface area contributed by atoms with Crippen LogP contribution in [0.15, 0.2) is 18.2 Å². The molecular formula is C10H14N2O4. The summed E-state index contributed by atoms with van der Waals surface area (Å²) in [7, 11) is 0. The Morgan fingerprint density at radius 2 is 2.31 bits per heavy atom. The molecule has 0 aliphatic rings. The molecule has 1 atom stereocenters. The molecular weight excluding hydrogens is 212 g/mol. The van der Waals surface area contributed by atoms with E-state index in [0.717, 1.165) is 18.2 Å². The first-order valence-electron chi connectivity index (χ1n) is 6.65. The van der Waals surface area contributed by atoms with Gasteiger partial charge in [-0.2, -0.15) is 0 Å². The maximum absolute atomic E-state index is 11.4. The van der Waals surface area contributed by atoms with E-state index in [0.29, 0.717) is 0 Å². The van der Waals surface area contributed by atoms with Crippen LogP contribution in [0.4, 0.5) is 0 Å². The molecule has 6 N–H and O–H groups in total. The van der Waals surface area contributed by atoms with Gasteiger partial charge in [0, 0.05) is 13.2 Å². The zero-order valence-electron chi connectivity index (χ0n) is 13.1. The number of nitrogens with one attached hydrogen (secondary N) is 1. The van der Waals surface area contributed by atoms with Crippen LogP contribution in [-0.4, -0.2) is 26.8 Å². The fourth-order valence-corrected chi connectivity index (χ4v) is 0.969. The monoisotopic (exact) mass is 231 g/mol. The third kappa shape index (κ3) is 2.41. The van der Waals surface area contributed by atoms with Gasteiger partial charge in [-0.15, -0.1) is 0 Å². The second kappa shape index (κ2) is 4.38. The summed E-state index contributed by atoms with van der Waals surface area (Å²) in [5.74, 6) is 1.73. The van der Waals surface area contributed by atoms with Crippen LogP contribution in [0.3, 0.4) is 0 Å². The van der Waals surface area contributed by atoms with Gasteiger partial charge in [0.15, 0.2) is 11.5 Å². The van der Waals surface area contributed by atoms with Gasteiger partial charge in [0.2, 0.25) is 0 Å². The molecule has 0 spiro atoms. The molecule has 1 rings (SSSR count). The minimum Gasteiger partial charge on any atom is -0.504 e. The Bertz CT molecular complexity index is 563. The van der Waals surface area contributed by atoms with Crippen molar-refractivity contribution in [2.75, 3.05) is 0 Å². The standard InChI is InChI=1S/C10H14N2O4/c1-10(12-11,9(15)16)5-6-2-3-7(13)8(14)4-6/h2-4,12-14H,5,11H2,1H3,(H,15,16)/t10-/m1/s1/i1D3,5D2. The van der Waals surface area contributed by atoms with E-state index in [1.54, 1.807) is 5.43 Å². The van der Waals surface area contributed by atoms with Crippen LogP contribution in [0.2, 0.25) is 0 Å². The van der Waals surface area contributed by atoms with Crippen molar-refractivity contribution in [2.24, 2.45) is 5.84 Å². The summed E-state index contributed by atoms with van der Waals surface area (Å²) in [6.45, 7) is -3.34. The largest absolute Gasteiger partial charge is 0.504 e. The highest BCUT2D eigenvalue weighted by Gasteiger charge is 2.32. The normalized spacial score (nSPS) is 20.7. The van der Waals surface area contributed by atoms with Crippen LogP contribution >= 0.6 is 0 Å². The number of aromatic hydroxyl groups is 2. The molecule has 0 aromatic heterocycles. The van der Waals surface area contributed by atoms with E-state index in [1.807, 2.05) is 0 Å². The third-order valence-electron chi connectivity index (χ3n) is 1.84. The topological polar surface area (TPSA) is 116 Å². The van der Waals surface area contributed by atoms with Crippen molar-refractivity contribution in [3.8, 4) is 11.5 Å². The fourth-order valence-electron chi connectivity index (χ4n) is 0.969. The molecule has 0 aliphatic heterocycles. The molecule has 0 fully saturated rings. The molecule has 0 bridgehead atoms. The van der Waals surface area contributed by atoms with Crippen LogP contribution in [0.25, 0.3) is 0 Å². The Kier molecular flexibility index (Phi) is 1.84. The number of hydrogen-bond acceptors (Lipinski definition) is 5. The van der Waals surface area contributed by atoms with Gasteiger partial charge in [-0.1, -0.05) is 6.07 Å². The number of phenols is 2. The van der Waals surface area contributed by atoms with Crippen LogP contribution < -0.4 is 11.3 Å². The average molecular weight is 231 g/mol. The number of benzene rings is 1. The molecule has 6 nitrogen and oxygen atoms in total. The van der Waals surface area contributed by atoms with E-state index in [2.05, 4.69) is 0 Å². The van der Waals surface area contributed by atoms with Gasteiger partial charge in [0.25, 0.3) is 0 Å². The zero-order valence-corrected chi connectivity index (χ0v) is 8.06. The van der Waals surface area contributed by atoms with Gasteiger partial charge in [-0.3, -0.25) is 10.6 Å². The van der Waals surface area contributed by atoms with Gasteiger partial charge in [-0.25, -0.2) is 5.43 Å². The quantitative estimate of drug-likeness (QED) is 0.282. The van der Waals surface area contributed by atoms with Gasteiger partial charge >= 0.3 is 5.97 Å². The molecule has 0 heterocycles. The minimum atomic E-state index is -3.34.